The van der Waals surface area contributed by atoms with Crippen molar-refractivity contribution in [2.24, 2.45) is 5.92 Å². The smallest absolute Gasteiger partial charge is 0.223 e. The minimum atomic E-state index is -0.0102. The van der Waals surface area contributed by atoms with Gasteiger partial charge in [-0.25, -0.2) is 0 Å². The summed E-state index contributed by atoms with van der Waals surface area (Å²) in [5, 5.41) is 16.7. The molecule has 1 saturated heterocycles. The highest BCUT2D eigenvalue weighted by Gasteiger charge is 2.27. The number of ether oxygens (including phenoxy) is 1. The van der Waals surface area contributed by atoms with E-state index < -0.39 is 0 Å². The van der Waals surface area contributed by atoms with Crippen molar-refractivity contribution in [1.29, 1.82) is 0 Å². The van der Waals surface area contributed by atoms with Gasteiger partial charge in [-0.15, -0.1) is 15.3 Å². The molecule has 5 rings (SSSR count). The maximum atomic E-state index is 13.0. The Morgan fingerprint density at radius 1 is 1.00 bits per heavy atom. The molecule has 0 unspecified atom stereocenters. The molecule has 2 aromatic carbocycles. The number of hydrogen-bond donors (Lipinski definition) is 1. The Balaban J connectivity index is 1.24. The van der Waals surface area contributed by atoms with Crippen LogP contribution in [0.15, 0.2) is 54.6 Å². The molecule has 0 saturated carbocycles. The molecule has 0 bridgehead atoms. The van der Waals surface area contributed by atoms with Gasteiger partial charge in [0.15, 0.2) is 11.5 Å². The summed E-state index contributed by atoms with van der Waals surface area (Å²) < 4.78 is 7.04. The number of carbonyl (C=O) groups is 1. The fourth-order valence-electron chi connectivity index (χ4n) is 4.69. The third-order valence-electron chi connectivity index (χ3n) is 7.18. The number of rotatable bonds is 6. The van der Waals surface area contributed by atoms with Crippen molar-refractivity contribution < 1.29 is 9.53 Å². The molecular formula is C28H32N6O2. The summed E-state index contributed by atoms with van der Waals surface area (Å²) in [5.74, 6) is 2.47. The number of nitrogens with zero attached hydrogens (tertiary/aromatic N) is 5. The van der Waals surface area contributed by atoms with Crippen molar-refractivity contribution in [3.8, 4) is 17.1 Å². The van der Waals surface area contributed by atoms with E-state index in [0.717, 1.165) is 48.6 Å². The number of hydrogen-bond acceptors (Lipinski definition) is 6. The topological polar surface area (TPSA) is 84.7 Å². The number of fused-ring (bicyclic) bond motifs is 1. The summed E-state index contributed by atoms with van der Waals surface area (Å²) in [6.45, 7) is 7.80. The molecule has 4 aromatic rings. The van der Waals surface area contributed by atoms with Crippen molar-refractivity contribution >= 4 is 17.4 Å². The van der Waals surface area contributed by atoms with Gasteiger partial charge in [-0.2, -0.15) is 4.52 Å². The van der Waals surface area contributed by atoms with Gasteiger partial charge in [0.1, 0.15) is 11.6 Å². The monoisotopic (exact) mass is 484 g/mol. The number of methoxy groups -OCH3 is 1. The van der Waals surface area contributed by atoms with Gasteiger partial charge in [-0.05, 0) is 86.7 Å². The lowest BCUT2D eigenvalue weighted by molar-refractivity contribution is -0.126. The van der Waals surface area contributed by atoms with E-state index in [2.05, 4.69) is 59.4 Å². The SMILES string of the molecule is COc1ccc(-c2nnc3ccc(N4CCC(C(=O)N[C@@H](C)c5ccc(C)c(C)c5)CC4)nn23)cc1. The quantitative estimate of drug-likeness (QED) is 0.434. The molecule has 8 heteroatoms. The molecule has 0 aliphatic carbocycles. The molecule has 8 nitrogen and oxygen atoms in total. The summed E-state index contributed by atoms with van der Waals surface area (Å²) in [4.78, 5) is 15.2. The molecule has 2 aromatic heterocycles. The van der Waals surface area contributed by atoms with Crippen LogP contribution in [-0.4, -0.2) is 45.9 Å². The lowest BCUT2D eigenvalue weighted by atomic mass is 9.95. The number of carbonyl (C=O) groups excluding carboxylic acids is 1. The lowest BCUT2D eigenvalue weighted by Crippen LogP contribution is -2.41. The van der Waals surface area contributed by atoms with Gasteiger partial charge in [0.05, 0.1) is 13.2 Å². The van der Waals surface area contributed by atoms with Crippen molar-refractivity contribution in [2.45, 2.75) is 39.7 Å². The van der Waals surface area contributed by atoms with Crippen molar-refractivity contribution in [1.82, 2.24) is 25.1 Å². The van der Waals surface area contributed by atoms with E-state index in [1.54, 1.807) is 11.6 Å². The molecule has 36 heavy (non-hydrogen) atoms. The third-order valence-corrected chi connectivity index (χ3v) is 7.18. The molecule has 0 radical (unpaired) electrons. The highest BCUT2D eigenvalue weighted by Crippen LogP contribution is 2.26. The van der Waals surface area contributed by atoms with Crippen LogP contribution in [0, 0.1) is 19.8 Å². The molecule has 1 aliphatic rings. The van der Waals surface area contributed by atoms with E-state index >= 15 is 0 Å². The second-order valence-electron chi connectivity index (χ2n) is 9.55. The molecule has 186 valence electrons. The van der Waals surface area contributed by atoms with Gasteiger partial charge in [0.25, 0.3) is 0 Å². The largest absolute Gasteiger partial charge is 0.497 e. The normalized spacial score (nSPS) is 15.2. The predicted molar refractivity (Wildman–Crippen MR) is 140 cm³/mol. The zero-order valence-corrected chi connectivity index (χ0v) is 21.2. The fourth-order valence-corrected chi connectivity index (χ4v) is 4.69. The molecular weight excluding hydrogens is 452 g/mol. The number of benzene rings is 2. The Labute approximate surface area is 211 Å². The Hall–Kier alpha value is -3.94. The number of amides is 1. The minimum absolute atomic E-state index is 0.00347. The summed E-state index contributed by atoms with van der Waals surface area (Å²) in [6.07, 6.45) is 1.58. The van der Waals surface area contributed by atoms with E-state index in [1.165, 1.54) is 11.1 Å². The Morgan fingerprint density at radius 3 is 2.44 bits per heavy atom. The van der Waals surface area contributed by atoms with Crippen molar-refractivity contribution in [2.75, 3.05) is 25.1 Å². The van der Waals surface area contributed by atoms with Gasteiger partial charge in [-0.3, -0.25) is 4.79 Å². The number of anilines is 1. The average molecular weight is 485 g/mol. The maximum Gasteiger partial charge on any atom is 0.223 e. The molecule has 1 aliphatic heterocycles. The van der Waals surface area contributed by atoms with Crippen LogP contribution in [-0.2, 0) is 4.79 Å². The molecule has 1 N–H and O–H groups in total. The first-order valence-electron chi connectivity index (χ1n) is 12.4. The number of aromatic nitrogens is 4. The minimum Gasteiger partial charge on any atom is -0.497 e. The lowest BCUT2D eigenvalue weighted by Gasteiger charge is -2.32. The van der Waals surface area contributed by atoms with Gasteiger partial charge in [-0.1, -0.05) is 18.2 Å². The maximum absolute atomic E-state index is 13.0. The van der Waals surface area contributed by atoms with Crippen LogP contribution < -0.4 is 15.0 Å². The van der Waals surface area contributed by atoms with Gasteiger partial charge in [0.2, 0.25) is 5.91 Å². The Kier molecular flexibility index (Phi) is 6.59. The van der Waals surface area contributed by atoms with E-state index in [-0.39, 0.29) is 17.9 Å². The van der Waals surface area contributed by atoms with E-state index in [0.29, 0.717) is 11.5 Å². The van der Waals surface area contributed by atoms with E-state index in [1.807, 2.05) is 36.4 Å². The predicted octanol–water partition coefficient (Wildman–Crippen LogP) is 4.51. The zero-order chi connectivity index (χ0) is 25.2. The van der Waals surface area contributed by atoms with E-state index in [9.17, 15) is 4.79 Å². The van der Waals surface area contributed by atoms with Crippen LogP contribution in [0.5, 0.6) is 5.75 Å². The molecule has 1 fully saturated rings. The van der Waals surface area contributed by atoms with Crippen LogP contribution in [0.25, 0.3) is 17.0 Å². The average Bonchev–Trinajstić information content (AvgIpc) is 3.33. The first-order chi connectivity index (χ1) is 17.4. The molecule has 1 atom stereocenters. The van der Waals surface area contributed by atoms with Crippen LogP contribution in [0.1, 0.15) is 42.5 Å². The summed E-state index contributed by atoms with van der Waals surface area (Å²) in [6, 6.07) is 18.0. The summed E-state index contributed by atoms with van der Waals surface area (Å²) in [5.41, 5.74) is 5.26. The van der Waals surface area contributed by atoms with Crippen LogP contribution in [0.2, 0.25) is 0 Å². The summed E-state index contributed by atoms with van der Waals surface area (Å²) in [7, 11) is 1.65. The van der Waals surface area contributed by atoms with Crippen molar-refractivity contribution in [3.05, 3.63) is 71.3 Å². The molecule has 0 spiro atoms. The number of nitrogens with one attached hydrogen (secondary N) is 1. The molecule has 1 amide bonds. The first-order valence-corrected chi connectivity index (χ1v) is 12.4. The van der Waals surface area contributed by atoms with Crippen LogP contribution in [0.3, 0.4) is 0 Å². The standard InChI is InChI=1S/C28H32N6O2/c1-18-5-6-23(17-19(18)2)20(3)29-28(35)22-13-15-33(16-14-22)26-12-11-25-30-31-27(34(25)32-26)21-7-9-24(36-4)10-8-21/h5-12,17,20,22H,13-16H2,1-4H3,(H,29,35)/t20-/m0/s1. The third kappa shape index (κ3) is 4.76. The van der Waals surface area contributed by atoms with Crippen LogP contribution >= 0.6 is 0 Å². The Morgan fingerprint density at radius 2 is 1.75 bits per heavy atom. The fraction of sp³-hybridized carbons (Fsp3) is 0.357. The van der Waals surface area contributed by atoms with Crippen molar-refractivity contribution in [3.63, 3.8) is 0 Å². The van der Waals surface area contributed by atoms with Gasteiger partial charge in [0, 0.05) is 24.6 Å². The number of aryl methyl sites for hydroxylation is 2. The van der Waals surface area contributed by atoms with E-state index in [4.69, 9.17) is 9.84 Å². The van der Waals surface area contributed by atoms with Gasteiger partial charge < -0.3 is 15.0 Å². The number of piperidine rings is 1. The second kappa shape index (κ2) is 9.97. The zero-order valence-electron chi connectivity index (χ0n) is 21.2. The first kappa shape index (κ1) is 23.8. The van der Waals surface area contributed by atoms with Crippen LogP contribution in [0.4, 0.5) is 5.82 Å². The summed E-state index contributed by atoms with van der Waals surface area (Å²) >= 11 is 0. The second-order valence-corrected chi connectivity index (χ2v) is 9.55. The highest BCUT2D eigenvalue weighted by molar-refractivity contribution is 5.79. The highest BCUT2D eigenvalue weighted by atomic mass is 16.5. The Bertz CT molecular complexity index is 1370. The molecule has 3 heterocycles. The van der Waals surface area contributed by atoms with Gasteiger partial charge >= 0.3 is 0 Å².